The number of aryl methyl sites for hydroxylation is 1. The molecule has 1 amide bonds. The van der Waals surface area contributed by atoms with E-state index >= 15 is 0 Å². The van der Waals surface area contributed by atoms with Crippen LogP contribution in [0.4, 0.5) is 5.69 Å². The number of hydrogen-bond donors (Lipinski definition) is 0. The van der Waals surface area contributed by atoms with E-state index in [1.165, 1.54) is 10.6 Å². The zero-order chi connectivity index (χ0) is 28.3. The molecule has 4 aromatic rings. The Labute approximate surface area is 226 Å². The lowest BCUT2D eigenvalue weighted by atomic mass is 10.1. The molecule has 39 heavy (non-hydrogen) atoms. The van der Waals surface area contributed by atoms with E-state index in [4.69, 9.17) is 9.72 Å². The van der Waals surface area contributed by atoms with Crippen LogP contribution < -0.4 is 10.3 Å². The van der Waals surface area contributed by atoms with E-state index in [9.17, 15) is 19.7 Å². The Hall–Kier alpha value is -4.53. The Morgan fingerprint density at radius 1 is 1.08 bits per heavy atom. The maximum Gasteiger partial charge on any atom is 0.273 e. The summed E-state index contributed by atoms with van der Waals surface area (Å²) in [4.78, 5) is 45.4. The number of carbonyl (C=O) groups is 1. The molecular weight excluding hydrogens is 496 g/mol. The molecule has 0 radical (unpaired) electrons. The van der Waals surface area contributed by atoms with E-state index in [-0.39, 0.29) is 28.6 Å². The molecule has 1 aromatic heterocycles. The normalized spacial score (nSPS) is 11.9. The third kappa shape index (κ3) is 5.52. The van der Waals surface area contributed by atoms with Gasteiger partial charge in [-0.1, -0.05) is 44.2 Å². The van der Waals surface area contributed by atoms with Crippen molar-refractivity contribution in [2.45, 2.75) is 40.7 Å². The van der Waals surface area contributed by atoms with Gasteiger partial charge in [-0.15, -0.1) is 0 Å². The third-order valence-corrected chi connectivity index (χ3v) is 6.52. The minimum atomic E-state index is -0.660. The Morgan fingerprint density at radius 2 is 1.77 bits per heavy atom. The van der Waals surface area contributed by atoms with Crippen molar-refractivity contribution in [2.24, 2.45) is 5.92 Å². The van der Waals surface area contributed by atoms with E-state index in [0.717, 1.165) is 0 Å². The van der Waals surface area contributed by atoms with Crippen molar-refractivity contribution in [1.29, 1.82) is 0 Å². The number of ether oxygens (including phenoxy) is 1. The van der Waals surface area contributed by atoms with Gasteiger partial charge in [0.2, 0.25) is 0 Å². The maximum absolute atomic E-state index is 13.9. The summed E-state index contributed by atoms with van der Waals surface area (Å²) in [6.45, 7) is 10.0. The van der Waals surface area contributed by atoms with Crippen molar-refractivity contribution in [3.8, 4) is 11.4 Å². The molecule has 3 aromatic carbocycles. The van der Waals surface area contributed by atoms with Crippen LogP contribution in [0.3, 0.4) is 0 Å². The molecule has 1 unspecified atom stereocenters. The second kappa shape index (κ2) is 11.5. The second-order valence-corrected chi connectivity index (χ2v) is 9.81. The van der Waals surface area contributed by atoms with Crippen LogP contribution in [-0.4, -0.2) is 38.4 Å². The molecule has 1 atom stereocenters. The van der Waals surface area contributed by atoms with Gasteiger partial charge < -0.3 is 9.64 Å². The van der Waals surface area contributed by atoms with Gasteiger partial charge in [-0.25, -0.2) is 4.98 Å². The molecule has 0 fully saturated rings. The Balaban J connectivity index is 1.94. The van der Waals surface area contributed by atoms with Gasteiger partial charge in [0.15, 0.2) is 0 Å². The number of hydrogen-bond acceptors (Lipinski definition) is 6. The molecule has 0 spiro atoms. The largest absolute Gasteiger partial charge is 0.492 e. The number of fused-ring (bicyclic) bond motifs is 1. The van der Waals surface area contributed by atoms with Crippen LogP contribution >= 0.6 is 0 Å². The number of benzene rings is 3. The molecule has 202 valence electrons. The van der Waals surface area contributed by atoms with Crippen LogP contribution in [-0.2, 0) is 0 Å². The average Bonchev–Trinajstić information content (AvgIpc) is 2.91. The van der Waals surface area contributed by atoms with Crippen LogP contribution in [0, 0.1) is 23.0 Å². The van der Waals surface area contributed by atoms with Crippen molar-refractivity contribution in [1.82, 2.24) is 14.5 Å². The SMILES string of the molecule is CCOc1ccccc1-n1c(C(C)N(CC(C)C)C(=O)c2ccc(C)c([N+](=O)[O-])c2)nc2ccccc2c1=O. The quantitative estimate of drug-likeness (QED) is 0.199. The summed E-state index contributed by atoms with van der Waals surface area (Å²) >= 11 is 0. The van der Waals surface area contributed by atoms with Crippen LogP contribution in [0.15, 0.2) is 71.5 Å². The summed E-state index contributed by atoms with van der Waals surface area (Å²) in [5.41, 5.74) is 1.30. The van der Waals surface area contributed by atoms with E-state index in [2.05, 4.69) is 0 Å². The van der Waals surface area contributed by atoms with Crippen molar-refractivity contribution in [3.63, 3.8) is 0 Å². The maximum atomic E-state index is 13.9. The predicted octanol–water partition coefficient (Wildman–Crippen LogP) is 5.86. The molecule has 0 bridgehead atoms. The summed E-state index contributed by atoms with van der Waals surface area (Å²) in [7, 11) is 0. The Bertz CT molecular complexity index is 1590. The molecule has 0 aliphatic heterocycles. The highest BCUT2D eigenvalue weighted by Crippen LogP contribution is 2.30. The van der Waals surface area contributed by atoms with Crippen molar-refractivity contribution in [3.05, 3.63) is 104 Å². The lowest BCUT2D eigenvalue weighted by Crippen LogP contribution is -2.39. The molecule has 1 heterocycles. The number of para-hydroxylation sites is 3. The van der Waals surface area contributed by atoms with E-state index < -0.39 is 11.0 Å². The van der Waals surface area contributed by atoms with Gasteiger partial charge in [0.1, 0.15) is 11.6 Å². The van der Waals surface area contributed by atoms with E-state index in [1.807, 2.05) is 45.9 Å². The van der Waals surface area contributed by atoms with Crippen molar-refractivity contribution < 1.29 is 14.5 Å². The molecule has 4 rings (SSSR count). The van der Waals surface area contributed by atoms with Gasteiger partial charge >= 0.3 is 0 Å². The number of carbonyl (C=O) groups excluding carboxylic acids is 1. The zero-order valence-corrected chi connectivity index (χ0v) is 22.7. The van der Waals surface area contributed by atoms with E-state index in [0.29, 0.717) is 46.9 Å². The van der Waals surface area contributed by atoms with Gasteiger partial charge in [0.25, 0.3) is 17.2 Å². The van der Waals surface area contributed by atoms with Gasteiger partial charge in [-0.3, -0.25) is 24.3 Å². The molecule has 0 aliphatic rings. The van der Waals surface area contributed by atoms with Crippen molar-refractivity contribution in [2.75, 3.05) is 13.2 Å². The van der Waals surface area contributed by atoms with Crippen LogP contribution in [0.5, 0.6) is 5.75 Å². The summed E-state index contributed by atoms with van der Waals surface area (Å²) in [6.07, 6.45) is 0. The number of nitro groups is 1. The fourth-order valence-electron chi connectivity index (χ4n) is 4.64. The topological polar surface area (TPSA) is 108 Å². The first kappa shape index (κ1) is 27.5. The predicted molar refractivity (Wildman–Crippen MR) is 151 cm³/mol. The highest BCUT2D eigenvalue weighted by atomic mass is 16.6. The number of nitrogens with zero attached hydrogens (tertiary/aromatic N) is 4. The zero-order valence-electron chi connectivity index (χ0n) is 22.7. The van der Waals surface area contributed by atoms with Crippen LogP contribution in [0.2, 0.25) is 0 Å². The first-order valence-electron chi connectivity index (χ1n) is 12.9. The smallest absolute Gasteiger partial charge is 0.273 e. The minimum absolute atomic E-state index is 0.0770. The minimum Gasteiger partial charge on any atom is -0.492 e. The standard InChI is InChI=1S/C30H32N4O5/c1-6-39-27-14-10-9-13-25(27)33-28(31-24-12-8-7-11-23(24)30(33)36)21(5)32(18-19(2)3)29(35)22-16-15-20(4)26(17-22)34(37)38/h7-17,19,21H,6,18H2,1-5H3. The third-order valence-electron chi connectivity index (χ3n) is 6.52. The summed E-state index contributed by atoms with van der Waals surface area (Å²) in [5, 5.41) is 12.0. The lowest BCUT2D eigenvalue weighted by Gasteiger charge is -2.32. The first-order valence-corrected chi connectivity index (χ1v) is 12.9. The molecular formula is C30H32N4O5. The van der Waals surface area contributed by atoms with Crippen LogP contribution in [0.25, 0.3) is 16.6 Å². The highest BCUT2D eigenvalue weighted by Gasteiger charge is 2.30. The lowest BCUT2D eigenvalue weighted by molar-refractivity contribution is -0.385. The Kier molecular flexibility index (Phi) is 8.09. The fraction of sp³-hybridized carbons (Fsp3) is 0.300. The van der Waals surface area contributed by atoms with Crippen molar-refractivity contribution >= 4 is 22.5 Å². The van der Waals surface area contributed by atoms with Gasteiger partial charge in [-0.2, -0.15) is 0 Å². The molecule has 0 N–H and O–H groups in total. The average molecular weight is 529 g/mol. The fourth-order valence-corrected chi connectivity index (χ4v) is 4.64. The first-order chi connectivity index (χ1) is 18.6. The second-order valence-electron chi connectivity index (χ2n) is 9.81. The molecule has 9 heteroatoms. The highest BCUT2D eigenvalue weighted by molar-refractivity contribution is 5.95. The number of amides is 1. The Morgan fingerprint density at radius 3 is 2.46 bits per heavy atom. The monoisotopic (exact) mass is 528 g/mol. The van der Waals surface area contributed by atoms with Gasteiger partial charge in [0, 0.05) is 23.7 Å². The molecule has 0 saturated carbocycles. The van der Waals surface area contributed by atoms with Crippen LogP contribution in [0.1, 0.15) is 55.5 Å². The van der Waals surface area contributed by atoms with E-state index in [1.54, 1.807) is 54.3 Å². The molecule has 9 nitrogen and oxygen atoms in total. The van der Waals surface area contributed by atoms with Gasteiger partial charge in [0.05, 0.1) is 34.2 Å². The summed E-state index contributed by atoms with van der Waals surface area (Å²) in [5.74, 6) is 0.574. The molecule has 0 saturated heterocycles. The van der Waals surface area contributed by atoms with Gasteiger partial charge in [-0.05, 0) is 57.0 Å². The molecule has 0 aliphatic carbocycles. The summed E-state index contributed by atoms with van der Waals surface area (Å²) < 4.78 is 7.36. The number of nitro benzene ring substituents is 1. The number of aromatic nitrogens is 2. The number of rotatable bonds is 9. The summed E-state index contributed by atoms with van der Waals surface area (Å²) in [6, 6.07) is 18.1.